The topological polar surface area (TPSA) is 61.9 Å². The number of rotatable bonds is 5. The van der Waals surface area contributed by atoms with Crippen molar-refractivity contribution < 1.29 is 14.3 Å². The van der Waals surface area contributed by atoms with Crippen LogP contribution < -0.4 is 5.32 Å². The molecule has 2 saturated heterocycles. The number of carbonyl (C=O) groups excluding carboxylic acids is 2. The van der Waals surface area contributed by atoms with Crippen LogP contribution in [0, 0.1) is 5.92 Å². The van der Waals surface area contributed by atoms with Gasteiger partial charge >= 0.3 is 6.09 Å². The minimum atomic E-state index is -0.452. The number of nitrogens with one attached hydrogen (secondary N) is 1. The van der Waals surface area contributed by atoms with E-state index in [-0.39, 0.29) is 24.0 Å². The highest BCUT2D eigenvalue weighted by Crippen LogP contribution is 2.47. The fourth-order valence-electron chi connectivity index (χ4n) is 5.28. The van der Waals surface area contributed by atoms with E-state index < -0.39 is 5.54 Å². The van der Waals surface area contributed by atoms with Gasteiger partial charge in [0.05, 0.1) is 18.2 Å². The highest BCUT2D eigenvalue weighted by Gasteiger charge is 2.57. The molecule has 2 aromatic rings. The van der Waals surface area contributed by atoms with Gasteiger partial charge in [-0.15, -0.1) is 0 Å². The van der Waals surface area contributed by atoms with Crippen molar-refractivity contribution in [1.82, 2.24) is 15.1 Å². The first-order valence-corrected chi connectivity index (χ1v) is 11.1. The van der Waals surface area contributed by atoms with Crippen LogP contribution in [-0.2, 0) is 16.1 Å². The molecule has 2 aromatic carbocycles. The van der Waals surface area contributed by atoms with Gasteiger partial charge in [-0.05, 0) is 24.5 Å². The second kappa shape index (κ2) is 9.10. The molecule has 1 N–H and O–H groups in total. The van der Waals surface area contributed by atoms with Crippen LogP contribution in [0.2, 0.25) is 0 Å². The lowest BCUT2D eigenvalue weighted by Gasteiger charge is -2.45. The second-order valence-corrected chi connectivity index (χ2v) is 8.60. The Labute approximate surface area is 184 Å². The molecule has 0 spiro atoms. The number of ether oxygens (including phenoxy) is 1. The van der Waals surface area contributed by atoms with Crippen LogP contribution in [0.15, 0.2) is 60.7 Å². The van der Waals surface area contributed by atoms with Crippen LogP contribution in [-0.4, -0.2) is 53.6 Å². The number of hydrogen-bond donors (Lipinski definition) is 1. The molecule has 6 nitrogen and oxygen atoms in total. The highest BCUT2D eigenvalue weighted by atomic mass is 16.6. The van der Waals surface area contributed by atoms with Gasteiger partial charge in [0, 0.05) is 39.0 Å². The van der Waals surface area contributed by atoms with Crippen LogP contribution in [0.5, 0.6) is 0 Å². The SMILES string of the molecule is CCOC(=O)N1C[C@]2(NC(C)=O)CCN(Cc3ccccc3)C[C@@H]2[C@H]1c1ccccc1. The van der Waals surface area contributed by atoms with Crippen molar-refractivity contribution in [2.45, 2.75) is 38.4 Å². The van der Waals surface area contributed by atoms with Crippen LogP contribution in [0.25, 0.3) is 0 Å². The Bertz CT molecular complexity index is 905. The minimum Gasteiger partial charge on any atom is -0.450 e. The quantitative estimate of drug-likeness (QED) is 0.801. The number of nitrogens with zero attached hydrogens (tertiary/aromatic N) is 2. The van der Waals surface area contributed by atoms with Crippen molar-refractivity contribution >= 4 is 12.0 Å². The molecule has 2 heterocycles. The molecule has 3 atom stereocenters. The maximum Gasteiger partial charge on any atom is 0.410 e. The smallest absolute Gasteiger partial charge is 0.410 e. The van der Waals surface area contributed by atoms with Gasteiger partial charge in [-0.3, -0.25) is 14.6 Å². The minimum absolute atomic E-state index is 0.0565. The monoisotopic (exact) mass is 421 g/mol. The van der Waals surface area contributed by atoms with E-state index >= 15 is 0 Å². The zero-order valence-electron chi connectivity index (χ0n) is 18.3. The van der Waals surface area contributed by atoms with Gasteiger partial charge in [0.1, 0.15) is 0 Å². The number of carbonyl (C=O) groups is 2. The zero-order chi connectivity index (χ0) is 21.8. The summed E-state index contributed by atoms with van der Waals surface area (Å²) in [6, 6.07) is 20.4. The average Bonchev–Trinajstić information content (AvgIpc) is 3.09. The van der Waals surface area contributed by atoms with Crippen LogP contribution >= 0.6 is 0 Å². The van der Waals surface area contributed by atoms with Crippen molar-refractivity contribution in [3.05, 3.63) is 71.8 Å². The molecular weight excluding hydrogens is 390 g/mol. The summed E-state index contributed by atoms with van der Waals surface area (Å²) < 4.78 is 5.42. The third-order valence-electron chi connectivity index (χ3n) is 6.53. The van der Waals surface area contributed by atoms with E-state index in [0.717, 1.165) is 31.6 Å². The van der Waals surface area contributed by atoms with Crippen molar-refractivity contribution in [2.24, 2.45) is 5.92 Å². The Balaban J connectivity index is 1.68. The number of amides is 2. The van der Waals surface area contributed by atoms with Gasteiger partial charge < -0.3 is 10.1 Å². The van der Waals surface area contributed by atoms with Gasteiger partial charge in [-0.25, -0.2) is 4.79 Å². The first-order chi connectivity index (χ1) is 15.0. The summed E-state index contributed by atoms with van der Waals surface area (Å²) in [5.41, 5.74) is 1.90. The van der Waals surface area contributed by atoms with Crippen molar-refractivity contribution in [2.75, 3.05) is 26.2 Å². The lowest BCUT2D eigenvalue weighted by Crippen LogP contribution is -2.60. The normalized spacial score (nSPS) is 25.7. The molecule has 0 radical (unpaired) electrons. The molecular formula is C25H31N3O3. The summed E-state index contributed by atoms with van der Waals surface area (Å²) in [7, 11) is 0. The fourth-order valence-corrected chi connectivity index (χ4v) is 5.28. The van der Waals surface area contributed by atoms with Gasteiger partial charge in [-0.2, -0.15) is 0 Å². The highest BCUT2D eigenvalue weighted by molar-refractivity contribution is 5.75. The predicted molar refractivity (Wildman–Crippen MR) is 119 cm³/mol. The Kier molecular flexibility index (Phi) is 6.28. The van der Waals surface area contributed by atoms with Crippen molar-refractivity contribution in [3.8, 4) is 0 Å². The first-order valence-electron chi connectivity index (χ1n) is 11.1. The third kappa shape index (κ3) is 4.44. The average molecular weight is 422 g/mol. The molecule has 2 aliphatic heterocycles. The van der Waals surface area contributed by atoms with E-state index in [1.54, 1.807) is 6.92 Å². The molecule has 0 aromatic heterocycles. The van der Waals surface area contributed by atoms with Crippen LogP contribution in [0.3, 0.4) is 0 Å². The standard InChI is InChI=1S/C25H31N3O3/c1-3-31-24(30)28-18-25(26-19(2)29)14-15-27(16-20-10-6-4-7-11-20)17-22(25)23(28)21-12-8-5-9-13-21/h4-13,22-23H,3,14-18H2,1-2H3,(H,26,29)/t22-,23-,25-/m1/s1. The largest absolute Gasteiger partial charge is 0.450 e. The Morgan fingerprint density at radius 1 is 1.10 bits per heavy atom. The van der Waals surface area contributed by atoms with E-state index in [1.807, 2.05) is 36.1 Å². The lowest BCUT2D eigenvalue weighted by molar-refractivity contribution is -0.122. The molecule has 2 amide bonds. The number of piperidine rings is 1. The first kappa shape index (κ1) is 21.4. The van der Waals surface area contributed by atoms with Gasteiger partial charge in [-0.1, -0.05) is 60.7 Å². The summed E-state index contributed by atoms with van der Waals surface area (Å²) in [5, 5.41) is 3.25. The van der Waals surface area contributed by atoms with E-state index in [4.69, 9.17) is 4.74 Å². The Morgan fingerprint density at radius 2 is 1.77 bits per heavy atom. The Morgan fingerprint density at radius 3 is 2.42 bits per heavy atom. The second-order valence-electron chi connectivity index (χ2n) is 8.60. The zero-order valence-corrected chi connectivity index (χ0v) is 18.3. The van der Waals surface area contributed by atoms with E-state index in [2.05, 4.69) is 46.6 Å². The van der Waals surface area contributed by atoms with Crippen LogP contribution in [0.1, 0.15) is 37.4 Å². The Hall–Kier alpha value is -2.86. The van der Waals surface area contributed by atoms with E-state index in [0.29, 0.717) is 13.2 Å². The van der Waals surface area contributed by atoms with E-state index in [1.165, 1.54) is 5.56 Å². The van der Waals surface area contributed by atoms with Crippen molar-refractivity contribution in [1.29, 1.82) is 0 Å². The molecule has 31 heavy (non-hydrogen) atoms. The molecule has 164 valence electrons. The molecule has 2 fully saturated rings. The van der Waals surface area contributed by atoms with Crippen LogP contribution in [0.4, 0.5) is 4.79 Å². The molecule has 2 aliphatic rings. The molecule has 6 heteroatoms. The van der Waals surface area contributed by atoms with Crippen molar-refractivity contribution in [3.63, 3.8) is 0 Å². The van der Waals surface area contributed by atoms with E-state index in [9.17, 15) is 9.59 Å². The maximum absolute atomic E-state index is 13.0. The maximum atomic E-state index is 13.0. The summed E-state index contributed by atoms with van der Waals surface area (Å²) >= 11 is 0. The predicted octanol–water partition coefficient (Wildman–Crippen LogP) is 3.60. The van der Waals surface area contributed by atoms with Gasteiger partial charge in [0.15, 0.2) is 0 Å². The number of fused-ring (bicyclic) bond motifs is 1. The summed E-state index contributed by atoms with van der Waals surface area (Å²) in [6.07, 6.45) is 0.480. The number of likely N-dealkylation sites (tertiary alicyclic amines) is 2. The molecule has 0 saturated carbocycles. The number of benzene rings is 2. The fraction of sp³-hybridized carbons (Fsp3) is 0.440. The molecule has 4 rings (SSSR count). The third-order valence-corrected chi connectivity index (χ3v) is 6.53. The van der Waals surface area contributed by atoms with Gasteiger partial charge in [0.25, 0.3) is 0 Å². The summed E-state index contributed by atoms with van der Waals surface area (Å²) in [5.74, 6) is 0.0136. The molecule has 0 bridgehead atoms. The molecule has 0 aliphatic carbocycles. The lowest BCUT2D eigenvalue weighted by atomic mass is 9.75. The van der Waals surface area contributed by atoms with Gasteiger partial charge in [0.2, 0.25) is 5.91 Å². The summed E-state index contributed by atoms with van der Waals surface area (Å²) in [6.45, 7) is 6.70. The molecule has 0 unspecified atom stereocenters. The number of hydrogen-bond acceptors (Lipinski definition) is 4. The summed E-state index contributed by atoms with van der Waals surface area (Å²) in [4.78, 5) is 29.4.